The molecule has 2 heterocycles. The fourth-order valence-corrected chi connectivity index (χ4v) is 3.15. The highest BCUT2D eigenvalue weighted by Crippen LogP contribution is 2.29. The number of benzene rings is 1. The maximum Gasteiger partial charge on any atom is 0.271 e. The number of anilines is 1. The molecule has 112 valence electrons. The molecule has 0 saturated carbocycles. The monoisotopic (exact) mass is 353 g/mol. The first kappa shape index (κ1) is 15.0. The number of nitrogens with zero attached hydrogens (tertiary/aromatic N) is 2. The molecular formula is C14H9Cl2N3O2S. The van der Waals surface area contributed by atoms with Gasteiger partial charge in [-0.15, -0.1) is 11.3 Å². The second kappa shape index (κ2) is 5.72. The number of hydrogen-bond donors (Lipinski definition) is 1. The Balaban J connectivity index is 2.02. The second-order valence-electron chi connectivity index (χ2n) is 4.53. The number of thiazole rings is 1. The average molecular weight is 354 g/mol. The first-order valence-electron chi connectivity index (χ1n) is 6.20. The van der Waals surface area contributed by atoms with Crippen molar-refractivity contribution in [1.82, 2.24) is 9.38 Å². The van der Waals surface area contributed by atoms with E-state index in [1.807, 2.05) is 0 Å². The Kier molecular flexibility index (Phi) is 3.90. The number of carbonyl (C=O) groups excluding carboxylic acids is 1. The van der Waals surface area contributed by atoms with Crippen LogP contribution in [0.2, 0.25) is 10.0 Å². The Labute approximate surface area is 139 Å². The van der Waals surface area contributed by atoms with Gasteiger partial charge in [0, 0.05) is 17.3 Å². The molecule has 1 N–H and O–H groups in total. The molecule has 0 spiro atoms. The molecular weight excluding hydrogens is 345 g/mol. The first-order chi connectivity index (χ1) is 10.5. The number of rotatable bonds is 2. The molecule has 0 bridgehead atoms. The van der Waals surface area contributed by atoms with Crippen LogP contribution >= 0.6 is 34.5 Å². The van der Waals surface area contributed by atoms with Gasteiger partial charge in [-0.2, -0.15) is 0 Å². The van der Waals surface area contributed by atoms with Crippen molar-refractivity contribution >= 4 is 51.1 Å². The quantitative estimate of drug-likeness (QED) is 0.765. The van der Waals surface area contributed by atoms with Crippen LogP contribution < -0.4 is 10.9 Å². The highest BCUT2D eigenvalue weighted by molar-refractivity contribution is 7.15. The van der Waals surface area contributed by atoms with Gasteiger partial charge in [0.05, 0.1) is 15.7 Å². The van der Waals surface area contributed by atoms with Crippen LogP contribution in [0.15, 0.2) is 34.6 Å². The maximum absolute atomic E-state index is 12.4. The van der Waals surface area contributed by atoms with Crippen molar-refractivity contribution in [3.8, 4) is 0 Å². The lowest BCUT2D eigenvalue weighted by Gasteiger charge is -2.08. The molecule has 0 aliphatic heterocycles. The Bertz CT molecular complexity index is 949. The molecule has 22 heavy (non-hydrogen) atoms. The van der Waals surface area contributed by atoms with E-state index in [1.165, 1.54) is 21.9 Å². The van der Waals surface area contributed by atoms with Crippen molar-refractivity contribution in [3.05, 3.63) is 61.4 Å². The normalized spacial score (nSPS) is 10.9. The van der Waals surface area contributed by atoms with Crippen LogP contribution in [-0.2, 0) is 0 Å². The van der Waals surface area contributed by atoms with Crippen molar-refractivity contribution in [3.63, 3.8) is 0 Å². The Morgan fingerprint density at radius 1 is 1.36 bits per heavy atom. The van der Waals surface area contributed by atoms with E-state index >= 15 is 0 Å². The van der Waals surface area contributed by atoms with E-state index in [0.29, 0.717) is 15.7 Å². The van der Waals surface area contributed by atoms with Gasteiger partial charge >= 0.3 is 0 Å². The molecule has 0 aliphatic rings. The number of nitrogens with one attached hydrogen (secondary N) is 1. The zero-order valence-electron chi connectivity index (χ0n) is 11.3. The minimum atomic E-state index is -0.582. The topological polar surface area (TPSA) is 63.5 Å². The third-order valence-electron chi connectivity index (χ3n) is 3.06. The summed E-state index contributed by atoms with van der Waals surface area (Å²) in [6.45, 7) is 1.78. The Hall–Kier alpha value is -1.89. The fourth-order valence-electron chi connectivity index (χ4n) is 1.97. The molecule has 3 rings (SSSR count). The largest absolute Gasteiger partial charge is 0.320 e. The van der Waals surface area contributed by atoms with Gasteiger partial charge in [-0.05, 0) is 19.1 Å². The molecule has 8 heteroatoms. The summed E-state index contributed by atoms with van der Waals surface area (Å²) < 4.78 is 1.40. The molecule has 0 radical (unpaired) electrons. The zero-order valence-corrected chi connectivity index (χ0v) is 13.6. The Morgan fingerprint density at radius 2 is 2.14 bits per heavy atom. The lowest BCUT2D eigenvalue weighted by molar-refractivity contribution is 0.102. The van der Waals surface area contributed by atoms with Gasteiger partial charge in [-0.1, -0.05) is 29.3 Å². The molecule has 0 aliphatic carbocycles. The lowest BCUT2D eigenvalue weighted by Crippen LogP contribution is -2.26. The van der Waals surface area contributed by atoms with Crippen LogP contribution in [0.4, 0.5) is 5.69 Å². The number of carbonyl (C=O) groups is 1. The van der Waals surface area contributed by atoms with E-state index in [0.717, 1.165) is 5.69 Å². The van der Waals surface area contributed by atoms with Gasteiger partial charge in [0.2, 0.25) is 0 Å². The molecule has 0 unspecified atom stereocenters. The smallest absolute Gasteiger partial charge is 0.271 e. The van der Waals surface area contributed by atoms with E-state index in [4.69, 9.17) is 23.2 Å². The van der Waals surface area contributed by atoms with Crippen LogP contribution in [-0.4, -0.2) is 15.3 Å². The number of aryl methyl sites for hydroxylation is 1. The van der Waals surface area contributed by atoms with E-state index < -0.39 is 11.5 Å². The van der Waals surface area contributed by atoms with Gasteiger partial charge in [-0.3, -0.25) is 14.0 Å². The first-order valence-corrected chi connectivity index (χ1v) is 7.84. The predicted octanol–water partition coefficient (Wildman–Crippen LogP) is 3.62. The number of amides is 1. The van der Waals surface area contributed by atoms with E-state index in [2.05, 4.69) is 10.3 Å². The SMILES string of the molecule is Cc1csc2ncc(C(=O)Nc3cccc(Cl)c3Cl)c(=O)n12. The van der Waals surface area contributed by atoms with Crippen LogP contribution in [0, 0.1) is 6.92 Å². The molecule has 2 aromatic heterocycles. The van der Waals surface area contributed by atoms with Crippen molar-refractivity contribution < 1.29 is 4.79 Å². The van der Waals surface area contributed by atoms with E-state index in [-0.39, 0.29) is 10.6 Å². The van der Waals surface area contributed by atoms with Gasteiger partial charge < -0.3 is 5.32 Å². The summed E-state index contributed by atoms with van der Waals surface area (Å²) in [6.07, 6.45) is 1.27. The van der Waals surface area contributed by atoms with Crippen molar-refractivity contribution in [2.24, 2.45) is 0 Å². The van der Waals surface area contributed by atoms with Crippen LogP contribution in [0.1, 0.15) is 16.1 Å². The van der Waals surface area contributed by atoms with Crippen molar-refractivity contribution in [1.29, 1.82) is 0 Å². The lowest BCUT2D eigenvalue weighted by atomic mass is 10.2. The number of halogens is 2. The second-order valence-corrected chi connectivity index (χ2v) is 6.15. The van der Waals surface area contributed by atoms with Crippen LogP contribution in [0.25, 0.3) is 4.96 Å². The van der Waals surface area contributed by atoms with Crippen molar-refractivity contribution in [2.75, 3.05) is 5.32 Å². The minimum Gasteiger partial charge on any atom is -0.320 e. The van der Waals surface area contributed by atoms with E-state index in [9.17, 15) is 9.59 Å². The van der Waals surface area contributed by atoms with E-state index in [1.54, 1.807) is 30.5 Å². The van der Waals surface area contributed by atoms with Crippen LogP contribution in [0.5, 0.6) is 0 Å². The molecule has 1 amide bonds. The summed E-state index contributed by atoms with van der Waals surface area (Å²) in [5.74, 6) is -0.582. The predicted molar refractivity (Wildman–Crippen MR) is 88.5 cm³/mol. The average Bonchev–Trinajstić information content (AvgIpc) is 2.86. The molecule has 0 atom stereocenters. The molecule has 1 aromatic carbocycles. The molecule has 5 nitrogen and oxygen atoms in total. The highest BCUT2D eigenvalue weighted by atomic mass is 35.5. The van der Waals surface area contributed by atoms with Gasteiger partial charge in [0.15, 0.2) is 4.96 Å². The summed E-state index contributed by atoms with van der Waals surface area (Å²) in [6, 6.07) is 4.86. The molecule has 3 aromatic rings. The fraction of sp³-hybridized carbons (Fsp3) is 0.0714. The maximum atomic E-state index is 12.4. The summed E-state index contributed by atoms with van der Waals surface area (Å²) in [5.41, 5.74) is 0.591. The van der Waals surface area contributed by atoms with Crippen molar-refractivity contribution in [2.45, 2.75) is 6.92 Å². The Morgan fingerprint density at radius 3 is 2.91 bits per heavy atom. The summed E-state index contributed by atoms with van der Waals surface area (Å²) in [4.78, 5) is 29.4. The number of fused-ring (bicyclic) bond motifs is 1. The zero-order chi connectivity index (χ0) is 15.9. The third-order valence-corrected chi connectivity index (χ3v) is 4.84. The number of hydrogen-bond acceptors (Lipinski definition) is 4. The summed E-state index contributed by atoms with van der Waals surface area (Å²) in [5, 5.41) is 4.92. The van der Waals surface area contributed by atoms with Gasteiger partial charge in [-0.25, -0.2) is 4.98 Å². The summed E-state index contributed by atoms with van der Waals surface area (Å²) in [7, 11) is 0. The minimum absolute atomic E-state index is 0.0601. The summed E-state index contributed by atoms with van der Waals surface area (Å²) >= 11 is 13.3. The highest BCUT2D eigenvalue weighted by Gasteiger charge is 2.16. The molecule has 0 fully saturated rings. The molecule has 0 saturated heterocycles. The standard InChI is InChI=1S/C14H9Cl2N3O2S/c1-7-6-22-14-17-5-8(13(21)19(7)14)12(20)18-10-4-2-3-9(15)11(10)16/h2-6H,1H3,(H,18,20). The van der Waals surface area contributed by atoms with Crippen LogP contribution in [0.3, 0.4) is 0 Å². The van der Waals surface area contributed by atoms with Gasteiger partial charge in [0.25, 0.3) is 11.5 Å². The van der Waals surface area contributed by atoms with Gasteiger partial charge in [0.1, 0.15) is 5.56 Å². The number of aromatic nitrogens is 2. The third kappa shape index (κ3) is 2.49.